The molecule has 204 valence electrons. The number of carbonyl (C=O) groups is 2. The molecule has 0 spiro atoms. The molecule has 0 unspecified atom stereocenters. The Balaban J connectivity index is 1.47. The minimum atomic E-state index is -0.325. The lowest BCUT2D eigenvalue weighted by Crippen LogP contribution is -2.40. The van der Waals surface area contributed by atoms with Gasteiger partial charge in [0.1, 0.15) is 0 Å². The molecule has 0 aliphatic carbocycles. The van der Waals surface area contributed by atoms with Crippen molar-refractivity contribution in [1.29, 1.82) is 0 Å². The number of fused-ring (bicyclic) bond motifs is 2. The lowest BCUT2D eigenvalue weighted by molar-refractivity contribution is -0.119. The normalized spacial score (nSPS) is 15.0. The van der Waals surface area contributed by atoms with Crippen molar-refractivity contribution in [2.75, 3.05) is 51.2 Å². The number of carbonyl (C=O) groups excluding carboxylic acids is 2. The van der Waals surface area contributed by atoms with Gasteiger partial charge in [-0.25, -0.2) is 0 Å². The van der Waals surface area contributed by atoms with Crippen molar-refractivity contribution in [2.24, 2.45) is 0 Å². The maximum absolute atomic E-state index is 13.9. The van der Waals surface area contributed by atoms with Crippen molar-refractivity contribution in [3.63, 3.8) is 0 Å². The minimum Gasteiger partial charge on any atom is -0.493 e. The second kappa shape index (κ2) is 11.8. The number of methoxy groups -OCH3 is 3. The van der Waals surface area contributed by atoms with Gasteiger partial charge in [0, 0.05) is 11.3 Å². The molecule has 8 heteroatoms. The summed E-state index contributed by atoms with van der Waals surface area (Å²) in [6.07, 6.45) is 5.11. The van der Waals surface area contributed by atoms with Crippen molar-refractivity contribution in [1.82, 2.24) is 4.90 Å². The highest BCUT2D eigenvalue weighted by atomic mass is 16.5. The van der Waals surface area contributed by atoms with Crippen LogP contribution in [0.15, 0.2) is 54.6 Å². The summed E-state index contributed by atoms with van der Waals surface area (Å²) in [5.41, 5.74) is 4.90. The molecule has 2 aliphatic rings. The molecule has 3 aromatic rings. The number of hydrogen-bond acceptors (Lipinski definition) is 6. The van der Waals surface area contributed by atoms with E-state index in [9.17, 15) is 9.59 Å². The summed E-state index contributed by atoms with van der Waals surface area (Å²) < 4.78 is 16.2. The minimum absolute atomic E-state index is 0.0422. The van der Waals surface area contributed by atoms with Crippen molar-refractivity contribution >= 4 is 28.9 Å². The summed E-state index contributed by atoms with van der Waals surface area (Å²) in [7, 11) is 4.55. The molecule has 0 aromatic heterocycles. The molecule has 2 amide bonds. The van der Waals surface area contributed by atoms with Crippen molar-refractivity contribution in [3.8, 4) is 17.2 Å². The van der Waals surface area contributed by atoms with Gasteiger partial charge < -0.3 is 19.5 Å². The highest BCUT2D eigenvalue weighted by molar-refractivity contribution is 6.07. The number of nitrogens with zero attached hydrogens (tertiary/aromatic N) is 2. The van der Waals surface area contributed by atoms with Crippen LogP contribution in [0, 0.1) is 0 Å². The molecule has 8 nitrogen and oxygen atoms in total. The topological polar surface area (TPSA) is 80.3 Å². The van der Waals surface area contributed by atoms with Crippen LogP contribution < -0.4 is 24.4 Å². The average Bonchev–Trinajstić information content (AvgIpc) is 3.13. The molecule has 0 saturated carbocycles. The van der Waals surface area contributed by atoms with Crippen LogP contribution in [0.25, 0.3) is 0 Å². The van der Waals surface area contributed by atoms with E-state index in [1.54, 1.807) is 12.1 Å². The van der Waals surface area contributed by atoms with Gasteiger partial charge in [0.15, 0.2) is 11.5 Å². The van der Waals surface area contributed by atoms with Gasteiger partial charge in [-0.2, -0.15) is 0 Å². The number of aryl methyl sites for hydroxylation is 2. The Bertz CT molecular complexity index is 1340. The lowest BCUT2D eigenvalue weighted by atomic mass is 10.0. The number of benzene rings is 3. The molecule has 5 rings (SSSR count). The fourth-order valence-corrected chi connectivity index (χ4v) is 5.46. The average molecular weight is 530 g/mol. The second-order valence-electron chi connectivity index (χ2n) is 9.91. The van der Waals surface area contributed by atoms with Gasteiger partial charge in [0.25, 0.3) is 5.91 Å². The van der Waals surface area contributed by atoms with Gasteiger partial charge in [0.05, 0.1) is 39.2 Å². The van der Waals surface area contributed by atoms with E-state index in [-0.39, 0.29) is 11.8 Å². The number of rotatable bonds is 7. The number of para-hydroxylation sites is 1. The largest absolute Gasteiger partial charge is 0.493 e. The monoisotopic (exact) mass is 529 g/mol. The summed E-state index contributed by atoms with van der Waals surface area (Å²) in [5.74, 6) is 0.933. The maximum Gasteiger partial charge on any atom is 0.255 e. The number of ether oxygens (including phenoxy) is 3. The third-order valence-electron chi connectivity index (χ3n) is 7.46. The predicted molar refractivity (Wildman–Crippen MR) is 152 cm³/mol. The van der Waals surface area contributed by atoms with Gasteiger partial charge in [-0.3, -0.25) is 19.4 Å². The molecule has 1 saturated heterocycles. The number of likely N-dealkylation sites (tertiary alicyclic amines) is 1. The molecule has 1 N–H and O–H groups in total. The fourth-order valence-electron chi connectivity index (χ4n) is 5.46. The maximum atomic E-state index is 13.9. The molecule has 2 aliphatic heterocycles. The van der Waals surface area contributed by atoms with E-state index in [0.29, 0.717) is 35.0 Å². The molecule has 3 aromatic carbocycles. The smallest absolute Gasteiger partial charge is 0.255 e. The van der Waals surface area contributed by atoms with Crippen LogP contribution in [0.5, 0.6) is 17.2 Å². The number of nitrogens with one attached hydrogen (secondary N) is 1. The fraction of sp³-hybridized carbons (Fsp3) is 0.355. The van der Waals surface area contributed by atoms with E-state index in [1.807, 2.05) is 41.3 Å². The second-order valence-corrected chi connectivity index (χ2v) is 9.91. The number of amides is 2. The van der Waals surface area contributed by atoms with Crippen LogP contribution in [0.4, 0.5) is 17.1 Å². The van der Waals surface area contributed by atoms with E-state index in [1.165, 1.54) is 27.8 Å². The van der Waals surface area contributed by atoms with E-state index in [2.05, 4.69) is 16.3 Å². The quantitative estimate of drug-likeness (QED) is 0.452. The highest BCUT2D eigenvalue weighted by Crippen LogP contribution is 2.40. The van der Waals surface area contributed by atoms with Gasteiger partial charge in [-0.1, -0.05) is 30.7 Å². The van der Waals surface area contributed by atoms with Gasteiger partial charge in [-0.15, -0.1) is 0 Å². The van der Waals surface area contributed by atoms with Crippen LogP contribution >= 0.6 is 0 Å². The summed E-state index contributed by atoms with van der Waals surface area (Å²) in [6, 6.07) is 17.1. The lowest BCUT2D eigenvalue weighted by Gasteiger charge is -2.30. The van der Waals surface area contributed by atoms with E-state index in [4.69, 9.17) is 14.2 Å². The Hall–Kier alpha value is -4.04. The standard InChI is InChI=1S/C31H35N3O5/c1-37-27-17-23(18-28(38-2)30(27)39-3)31(36)32-24-14-13-22-12-11-21-9-5-6-10-25(21)34(26(22)19-24)29(35)20-33-15-7-4-8-16-33/h5-6,9-10,13-14,17-19H,4,7-8,11-12,15-16,20H2,1-3H3,(H,32,36). The third-order valence-corrected chi connectivity index (χ3v) is 7.46. The molecule has 1 fully saturated rings. The number of piperidine rings is 1. The Morgan fingerprint density at radius 1 is 0.795 bits per heavy atom. The first-order valence-corrected chi connectivity index (χ1v) is 13.4. The molecule has 2 heterocycles. The zero-order valence-corrected chi connectivity index (χ0v) is 22.8. The first-order chi connectivity index (χ1) is 19.0. The van der Waals surface area contributed by atoms with Crippen LogP contribution in [-0.2, 0) is 17.6 Å². The van der Waals surface area contributed by atoms with Gasteiger partial charge in [0.2, 0.25) is 11.7 Å². The Kier molecular flexibility index (Phi) is 8.02. The molecular weight excluding hydrogens is 494 g/mol. The van der Waals surface area contributed by atoms with Crippen molar-refractivity contribution in [2.45, 2.75) is 32.1 Å². The summed E-state index contributed by atoms with van der Waals surface area (Å²) in [5, 5.41) is 2.99. The molecule has 0 atom stereocenters. The van der Waals surface area contributed by atoms with Crippen LogP contribution in [0.1, 0.15) is 40.7 Å². The number of hydrogen-bond donors (Lipinski definition) is 1. The molecular formula is C31H35N3O5. The molecule has 39 heavy (non-hydrogen) atoms. The van der Waals surface area contributed by atoms with Crippen molar-refractivity contribution in [3.05, 3.63) is 71.3 Å². The first-order valence-electron chi connectivity index (χ1n) is 13.4. The Morgan fingerprint density at radius 2 is 1.46 bits per heavy atom. The highest BCUT2D eigenvalue weighted by Gasteiger charge is 2.28. The SMILES string of the molecule is COc1cc(C(=O)Nc2ccc3c(c2)N(C(=O)CN2CCCCC2)c2ccccc2CC3)cc(OC)c1OC. The summed E-state index contributed by atoms with van der Waals surface area (Å²) >= 11 is 0. The van der Waals surface area contributed by atoms with Crippen LogP contribution in [0.2, 0.25) is 0 Å². The molecule has 0 bridgehead atoms. The van der Waals surface area contributed by atoms with E-state index in [0.717, 1.165) is 61.3 Å². The van der Waals surface area contributed by atoms with Gasteiger partial charge in [-0.05, 0) is 80.2 Å². The predicted octanol–water partition coefficient (Wildman–Crippen LogP) is 5.21. The van der Waals surface area contributed by atoms with Crippen molar-refractivity contribution < 1.29 is 23.8 Å². The molecule has 0 radical (unpaired) electrons. The van der Waals surface area contributed by atoms with Crippen LogP contribution in [0.3, 0.4) is 0 Å². The van der Waals surface area contributed by atoms with E-state index < -0.39 is 0 Å². The zero-order chi connectivity index (χ0) is 27.4. The third kappa shape index (κ3) is 5.56. The first kappa shape index (κ1) is 26.6. The van der Waals surface area contributed by atoms with Crippen LogP contribution in [-0.4, -0.2) is 57.7 Å². The summed E-state index contributed by atoms with van der Waals surface area (Å²) in [4.78, 5) is 31.3. The number of anilines is 3. The van der Waals surface area contributed by atoms with E-state index >= 15 is 0 Å². The zero-order valence-electron chi connectivity index (χ0n) is 22.8. The van der Waals surface area contributed by atoms with Gasteiger partial charge >= 0.3 is 0 Å². The Morgan fingerprint density at radius 3 is 2.13 bits per heavy atom. The summed E-state index contributed by atoms with van der Waals surface area (Å²) in [6.45, 7) is 2.26. The Labute approximate surface area is 229 Å².